The molecule has 0 aromatic rings. The standard InChI is InChI=1S/C16H34N4O.HI/c1-6-14(4)19-16(17-5)18-12-15(11-13(2)3)20-7-9-21-10-8-20;/h13-15H,6-12H2,1-5H3,(H2,17,18,19);1H. The molecule has 22 heavy (non-hydrogen) atoms. The zero-order chi connectivity index (χ0) is 15.7. The molecule has 2 N–H and O–H groups in total. The van der Waals surface area contributed by atoms with Crippen molar-refractivity contribution < 1.29 is 4.74 Å². The van der Waals surface area contributed by atoms with Crippen molar-refractivity contribution in [2.75, 3.05) is 39.9 Å². The lowest BCUT2D eigenvalue weighted by Gasteiger charge is -2.36. The van der Waals surface area contributed by atoms with Crippen molar-refractivity contribution in [1.29, 1.82) is 0 Å². The Balaban J connectivity index is 0.00000441. The van der Waals surface area contributed by atoms with Crippen LogP contribution in [-0.4, -0.2) is 62.8 Å². The summed E-state index contributed by atoms with van der Waals surface area (Å²) in [7, 11) is 1.84. The highest BCUT2D eigenvalue weighted by molar-refractivity contribution is 14.0. The Morgan fingerprint density at radius 2 is 1.86 bits per heavy atom. The molecule has 0 aromatic carbocycles. The number of nitrogens with zero attached hydrogens (tertiary/aromatic N) is 2. The van der Waals surface area contributed by atoms with Gasteiger partial charge in [0.15, 0.2) is 5.96 Å². The summed E-state index contributed by atoms with van der Waals surface area (Å²) in [4.78, 5) is 6.87. The minimum atomic E-state index is 0. The summed E-state index contributed by atoms with van der Waals surface area (Å²) in [6.45, 7) is 13.7. The van der Waals surface area contributed by atoms with E-state index in [2.05, 4.69) is 48.2 Å². The zero-order valence-electron chi connectivity index (χ0n) is 14.9. The summed E-state index contributed by atoms with van der Waals surface area (Å²) in [6, 6.07) is 0.993. The number of rotatable bonds is 7. The van der Waals surface area contributed by atoms with Crippen molar-refractivity contribution in [2.45, 2.75) is 52.6 Å². The minimum absolute atomic E-state index is 0. The monoisotopic (exact) mass is 426 g/mol. The van der Waals surface area contributed by atoms with E-state index in [1.807, 2.05) is 7.05 Å². The number of nitrogens with one attached hydrogen (secondary N) is 2. The van der Waals surface area contributed by atoms with E-state index >= 15 is 0 Å². The molecule has 1 aliphatic heterocycles. The maximum atomic E-state index is 5.47. The summed E-state index contributed by atoms with van der Waals surface area (Å²) in [5.74, 6) is 1.61. The molecule has 2 atom stereocenters. The Labute approximate surface area is 153 Å². The number of hydrogen-bond acceptors (Lipinski definition) is 3. The number of hydrogen-bond donors (Lipinski definition) is 2. The van der Waals surface area contributed by atoms with Crippen molar-refractivity contribution in [1.82, 2.24) is 15.5 Å². The van der Waals surface area contributed by atoms with E-state index in [0.717, 1.165) is 45.2 Å². The molecular formula is C16H35IN4O. The van der Waals surface area contributed by atoms with Gasteiger partial charge in [-0.1, -0.05) is 20.8 Å². The van der Waals surface area contributed by atoms with Crippen LogP contribution in [0, 0.1) is 5.92 Å². The zero-order valence-corrected chi connectivity index (χ0v) is 17.2. The Morgan fingerprint density at radius 3 is 2.36 bits per heavy atom. The first-order valence-electron chi connectivity index (χ1n) is 8.35. The van der Waals surface area contributed by atoms with Crippen LogP contribution >= 0.6 is 24.0 Å². The van der Waals surface area contributed by atoms with Gasteiger partial charge in [0.1, 0.15) is 0 Å². The maximum Gasteiger partial charge on any atom is 0.191 e. The Hall–Kier alpha value is -0.0800. The topological polar surface area (TPSA) is 48.9 Å². The molecule has 0 saturated carbocycles. The molecule has 1 fully saturated rings. The quantitative estimate of drug-likeness (QED) is 0.373. The number of ether oxygens (including phenoxy) is 1. The van der Waals surface area contributed by atoms with Gasteiger partial charge in [-0.05, 0) is 25.7 Å². The first-order valence-corrected chi connectivity index (χ1v) is 8.35. The van der Waals surface area contributed by atoms with Gasteiger partial charge in [-0.25, -0.2) is 0 Å². The number of halogens is 1. The van der Waals surface area contributed by atoms with Gasteiger partial charge in [0, 0.05) is 38.8 Å². The van der Waals surface area contributed by atoms with Gasteiger partial charge in [0.25, 0.3) is 0 Å². The SMILES string of the molecule is CCC(C)NC(=NC)NCC(CC(C)C)N1CCOCC1.I. The summed E-state index contributed by atoms with van der Waals surface area (Å²) in [6.07, 6.45) is 2.30. The van der Waals surface area contributed by atoms with Crippen LogP contribution in [0.2, 0.25) is 0 Å². The van der Waals surface area contributed by atoms with E-state index in [9.17, 15) is 0 Å². The van der Waals surface area contributed by atoms with E-state index in [0.29, 0.717) is 18.0 Å². The van der Waals surface area contributed by atoms with E-state index in [1.165, 1.54) is 6.42 Å². The van der Waals surface area contributed by atoms with E-state index in [-0.39, 0.29) is 24.0 Å². The fourth-order valence-electron chi connectivity index (χ4n) is 2.59. The molecule has 2 unspecified atom stereocenters. The lowest BCUT2D eigenvalue weighted by Crippen LogP contribution is -2.51. The van der Waals surface area contributed by atoms with Gasteiger partial charge in [0.05, 0.1) is 13.2 Å². The van der Waals surface area contributed by atoms with Gasteiger partial charge >= 0.3 is 0 Å². The Morgan fingerprint density at radius 1 is 1.23 bits per heavy atom. The predicted octanol–water partition coefficient (Wildman–Crippen LogP) is 2.31. The van der Waals surface area contributed by atoms with Crippen LogP contribution in [0.25, 0.3) is 0 Å². The number of guanidine groups is 1. The predicted molar refractivity (Wildman–Crippen MR) is 105 cm³/mol. The third-order valence-corrected chi connectivity index (χ3v) is 4.03. The third-order valence-electron chi connectivity index (χ3n) is 4.03. The van der Waals surface area contributed by atoms with Crippen molar-refractivity contribution >= 4 is 29.9 Å². The third kappa shape index (κ3) is 8.53. The summed E-state index contributed by atoms with van der Waals surface area (Å²) < 4.78 is 5.47. The molecule has 0 bridgehead atoms. The molecule has 0 radical (unpaired) electrons. The van der Waals surface area contributed by atoms with Gasteiger partial charge in [0.2, 0.25) is 0 Å². The van der Waals surface area contributed by atoms with Crippen LogP contribution < -0.4 is 10.6 Å². The second kappa shape index (κ2) is 12.4. The summed E-state index contributed by atoms with van der Waals surface area (Å²) in [5, 5.41) is 6.92. The van der Waals surface area contributed by atoms with Crippen molar-refractivity contribution in [3.8, 4) is 0 Å². The molecule has 0 aliphatic carbocycles. The largest absolute Gasteiger partial charge is 0.379 e. The van der Waals surface area contributed by atoms with E-state index < -0.39 is 0 Å². The highest BCUT2D eigenvalue weighted by Crippen LogP contribution is 2.12. The smallest absolute Gasteiger partial charge is 0.191 e. The first-order chi connectivity index (χ1) is 10.1. The first kappa shape index (κ1) is 21.9. The molecule has 0 spiro atoms. The lowest BCUT2D eigenvalue weighted by atomic mass is 10.0. The molecule has 0 amide bonds. The molecule has 132 valence electrons. The van der Waals surface area contributed by atoms with Crippen molar-refractivity contribution in [3.05, 3.63) is 0 Å². The van der Waals surface area contributed by atoms with E-state index in [4.69, 9.17) is 4.74 Å². The van der Waals surface area contributed by atoms with Crippen molar-refractivity contribution in [3.63, 3.8) is 0 Å². The van der Waals surface area contributed by atoms with Gasteiger partial charge < -0.3 is 15.4 Å². The number of morpholine rings is 1. The average Bonchev–Trinajstić information content (AvgIpc) is 2.50. The van der Waals surface area contributed by atoms with Crippen LogP contribution in [0.3, 0.4) is 0 Å². The molecular weight excluding hydrogens is 391 g/mol. The van der Waals surface area contributed by atoms with Crippen LogP contribution in [0.1, 0.15) is 40.5 Å². The second-order valence-corrected chi connectivity index (χ2v) is 6.34. The van der Waals surface area contributed by atoms with E-state index in [1.54, 1.807) is 0 Å². The Kier molecular flexibility index (Phi) is 12.3. The lowest BCUT2D eigenvalue weighted by molar-refractivity contribution is 0.0132. The van der Waals surface area contributed by atoms with Crippen LogP contribution in [0.5, 0.6) is 0 Å². The van der Waals surface area contributed by atoms with Crippen LogP contribution in [0.4, 0.5) is 0 Å². The fourth-order valence-corrected chi connectivity index (χ4v) is 2.59. The van der Waals surface area contributed by atoms with Crippen molar-refractivity contribution in [2.24, 2.45) is 10.9 Å². The second-order valence-electron chi connectivity index (χ2n) is 6.34. The summed E-state index contributed by atoms with van der Waals surface area (Å²) in [5.41, 5.74) is 0. The normalized spacial score (nSPS) is 19.5. The van der Waals surface area contributed by atoms with Gasteiger partial charge in [-0.2, -0.15) is 0 Å². The highest BCUT2D eigenvalue weighted by Gasteiger charge is 2.22. The molecule has 1 rings (SSSR count). The van der Waals surface area contributed by atoms with Crippen LogP contribution in [0.15, 0.2) is 4.99 Å². The average molecular weight is 426 g/mol. The molecule has 1 aliphatic rings. The molecule has 5 nitrogen and oxygen atoms in total. The maximum absolute atomic E-state index is 5.47. The highest BCUT2D eigenvalue weighted by atomic mass is 127. The fraction of sp³-hybridized carbons (Fsp3) is 0.938. The van der Waals surface area contributed by atoms with Crippen LogP contribution in [-0.2, 0) is 4.74 Å². The van der Waals surface area contributed by atoms with Gasteiger partial charge in [-0.3, -0.25) is 9.89 Å². The molecule has 0 aromatic heterocycles. The molecule has 1 heterocycles. The Bertz CT molecular complexity index is 307. The molecule has 1 saturated heterocycles. The minimum Gasteiger partial charge on any atom is -0.379 e. The molecule has 6 heteroatoms. The number of aliphatic imine (C=N–C) groups is 1. The summed E-state index contributed by atoms with van der Waals surface area (Å²) >= 11 is 0. The van der Waals surface area contributed by atoms with Gasteiger partial charge in [-0.15, -0.1) is 24.0 Å².